The summed E-state index contributed by atoms with van der Waals surface area (Å²) in [4.78, 5) is 28.3. The molecule has 0 bridgehead atoms. The topological polar surface area (TPSA) is 89.6 Å². The minimum absolute atomic E-state index is 0.0560. The maximum absolute atomic E-state index is 12.7. The number of aromatic nitrogens is 1. The van der Waals surface area contributed by atoms with E-state index in [-0.39, 0.29) is 18.2 Å². The number of rotatable bonds is 9. The molecule has 0 fully saturated rings. The molecule has 0 spiro atoms. The Morgan fingerprint density at radius 1 is 1.03 bits per heavy atom. The summed E-state index contributed by atoms with van der Waals surface area (Å²) >= 11 is 5.95. The van der Waals surface area contributed by atoms with Crippen LogP contribution in [0.3, 0.4) is 0 Å². The molecule has 0 radical (unpaired) electrons. The van der Waals surface area contributed by atoms with Crippen LogP contribution in [-0.4, -0.2) is 23.9 Å². The van der Waals surface area contributed by atoms with Gasteiger partial charge in [-0.3, -0.25) is 14.6 Å². The summed E-state index contributed by atoms with van der Waals surface area (Å²) in [5, 5.41) is 6.24. The lowest BCUT2D eigenvalue weighted by Gasteiger charge is -2.18. The summed E-state index contributed by atoms with van der Waals surface area (Å²) in [7, 11) is 1.55. The highest BCUT2D eigenvalue weighted by molar-refractivity contribution is 6.30. The van der Waals surface area contributed by atoms with Gasteiger partial charge in [-0.2, -0.15) is 0 Å². The molecule has 1 atom stereocenters. The molecule has 3 aromatic rings. The zero-order valence-electron chi connectivity index (χ0n) is 17.8. The molecule has 0 aliphatic heterocycles. The van der Waals surface area contributed by atoms with Crippen LogP contribution in [0.15, 0.2) is 67.0 Å². The summed E-state index contributed by atoms with van der Waals surface area (Å²) in [6.07, 6.45) is 3.44. The lowest BCUT2D eigenvalue weighted by molar-refractivity contribution is -0.120. The lowest BCUT2D eigenvalue weighted by Crippen LogP contribution is -2.29. The minimum atomic E-state index is -0.481. The molecule has 2 N–H and O–H groups in total. The Morgan fingerprint density at radius 3 is 2.41 bits per heavy atom. The van der Waals surface area contributed by atoms with Crippen LogP contribution in [0.4, 0.5) is 5.69 Å². The van der Waals surface area contributed by atoms with Crippen molar-refractivity contribution >= 4 is 29.1 Å². The van der Waals surface area contributed by atoms with Crippen molar-refractivity contribution in [2.45, 2.75) is 26.0 Å². The maximum atomic E-state index is 12.7. The first-order valence-corrected chi connectivity index (χ1v) is 10.3. The van der Waals surface area contributed by atoms with Crippen molar-refractivity contribution in [3.8, 4) is 11.5 Å². The fraction of sp³-hybridized carbons (Fsp3) is 0.208. The number of benzene rings is 2. The zero-order valence-corrected chi connectivity index (χ0v) is 18.6. The molecular formula is C24H24ClN3O4. The summed E-state index contributed by atoms with van der Waals surface area (Å²) in [6, 6.07) is 15.4. The molecule has 166 valence electrons. The normalized spacial score (nSPS) is 11.3. The van der Waals surface area contributed by atoms with Gasteiger partial charge in [-0.1, -0.05) is 23.7 Å². The quantitative estimate of drug-likeness (QED) is 0.497. The number of ether oxygens (including phenoxy) is 2. The molecule has 32 heavy (non-hydrogen) atoms. The van der Waals surface area contributed by atoms with Crippen LogP contribution in [0, 0.1) is 0 Å². The van der Waals surface area contributed by atoms with E-state index >= 15 is 0 Å². The third-order valence-electron chi connectivity index (χ3n) is 4.63. The summed E-state index contributed by atoms with van der Waals surface area (Å²) in [6.45, 7) is 1.74. The van der Waals surface area contributed by atoms with Crippen molar-refractivity contribution in [3.63, 3.8) is 0 Å². The van der Waals surface area contributed by atoms with Crippen LogP contribution in [-0.2, 0) is 16.2 Å². The van der Waals surface area contributed by atoms with Crippen LogP contribution >= 0.6 is 11.6 Å². The van der Waals surface area contributed by atoms with Gasteiger partial charge in [0.15, 0.2) is 11.5 Å². The first kappa shape index (κ1) is 23.1. The van der Waals surface area contributed by atoms with Gasteiger partial charge in [0.1, 0.15) is 6.61 Å². The monoisotopic (exact) mass is 453 g/mol. The predicted molar refractivity (Wildman–Crippen MR) is 123 cm³/mol. The summed E-state index contributed by atoms with van der Waals surface area (Å²) < 4.78 is 11.2. The third-order valence-corrected chi connectivity index (χ3v) is 4.88. The Morgan fingerprint density at radius 2 is 1.75 bits per heavy atom. The van der Waals surface area contributed by atoms with Crippen molar-refractivity contribution < 1.29 is 19.1 Å². The second-order valence-corrected chi connectivity index (χ2v) is 7.50. The van der Waals surface area contributed by atoms with E-state index in [4.69, 9.17) is 21.1 Å². The van der Waals surface area contributed by atoms with E-state index in [0.29, 0.717) is 28.8 Å². The number of halogens is 1. The highest BCUT2D eigenvalue weighted by Crippen LogP contribution is 2.31. The molecule has 0 aliphatic carbocycles. The molecule has 8 heteroatoms. The first-order valence-electron chi connectivity index (χ1n) is 9.96. The van der Waals surface area contributed by atoms with E-state index in [1.54, 1.807) is 62.0 Å². The number of hydrogen-bond donors (Lipinski definition) is 2. The third kappa shape index (κ3) is 6.72. The molecule has 7 nitrogen and oxygen atoms in total. The highest BCUT2D eigenvalue weighted by atomic mass is 35.5. The molecular weight excluding hydrogens is 430 g/mol. The molecule has 0 aliphatic rings. The number of nitrogens with zero attached hydrogens (tertiary/aromatic N) is 1. The number of pyridine rings is 1. The van der Waals surface area contributed by atoms with E-state index in [2.05, 4.69) is 15.6 Å². The molecule has 1 unspecified atom stereocenters. The average Bonchev–Trinajstić information content (AvgIpc) is 2.78. The van der Waals surface area contributed by atoms with Crippen molar-refractivity contribution in [3.05, 3.63) is 83.1 Å². The number of amides is 2. The van der Waals surface area contributed by atoms with Crippen LogP contribution in [0.5, 0.6) is 11.5 Å². The van der Waals surface area contributed by atoms with E-state index in [1.807, 2.05) is 12.1 Å². The SMILES string of the molecule is COc1ccc(NC(=O)CC(NC(C)=O)c2ccc(Cl)cc2)cc1OCc1ccncc1. The van der Waals surface area contributed by atoms with E-state index < -0.39 is 6.04 Å². The van der Waals surface area contributed by atoms with Crippen molar-refractivity contribution in [1.82, 2.24) is 10.3 Å². The smallest absolute Gasteiger partial charge is 0.226 e. The van der Waals surface area contributed by atoms with Crippen LogP contribution in [0.2, 0.25) is 5.02 Å². The molecule has 1 aromatic heterocycles. The molecule has 0 saturated heterocycles. The Hall–Kier alpha value is -3.58. The molecule has 3 rings (SSSR count). The Bertz CT molecular complexity index is 1060. The lowest BCUT2D eigenvalue weighted by atomic mass is 10.0. The van der Waals surface area contributed by atoms with Crippen LogP contribution in [0.25, 0.3) is 0 Å². The van der Waals surface area contributed by atoms with Gasteiger partial charge in [0, 0.05) is 36.1 Å². The second kappa shape index (κ2) is 11.2. The first-order chi connectivity index (χ1) is 15.4. The molecule has 0 saturated carbocycles. The van der Waals surface area contributed by atoms with Gasteiger partial charge in [0.05, 0.1) is 19.6 Å². The van der Waals surface area contributed by atoms with Crippen molar-refractivity contribution in [2.75, 3.05) is 12.4 Å². The molecule has 2 aromatic carbocycles. The van der Waals surface area contributed by atoms with Gasteiger partial charge in [-0.25, -0.2) is 0 Å². The number of hydrogen-bond acceptors (Lipinski definition) is 5. The second-order valence-electron chi connectivity index (χ2n) is 7.07. The minimum Gasteiger partial charge on any atom is -0.493 e. The number of methoxy groups -OCH3 is 1. The fourth-order valence-electron chi connectivity index (χ4n) is 3.10. The summed E-state index contributed by atoms with van der Waals surface area (Å²) in [5.41, 5.74) is 2.30. The predicted octanol–water partition coefficient (Wildman–Crippen LogP) is 4.53. The summed E-state index contributed by atoms with van der Waals surface area (Å²) in [5.74, 6) is 0.561. The number of carbonyl (C=O) groups excluding carboxylic acids is 2. The van der Waals surface area contributed by atoms with Gasteiger partial charge in [-0.15, -0.1) is 0 Å². The van der Waals surface area contributed by atoms with Crippen molar-refractivity contribution in [2.24, 2.45) is 0 Å². The van der Waals surface area contributed by atoms with E-state index in [9.17, 15) is 9.59 Å². The van der Waals surface area contributed by atoms with Gasteiger partial charge >= 0.3 is 0 Å². The fourth-order valence-corrected chi connectivity index (χ4v) is 3.22. The maximum Gasteiger partial charge on any atom is 0.226 e. The number of nitrogens with one attached hydrogen (secondary N) is 2. The van der Waals surface area contributed by atoms with E-state index in [0.717, 1.165) is 11.1 Å². The largest absolute Gasteiger partial charge is 0.493 e. The molecule has 1 heterocycles. The van der Waals surface area contributed by atoms with Gasteiger partial charge in [0.25, 0.3) is 0 Å². The Labute approximate surface area is 191 Å². The standard InChI is InChI=1S/C24H24ClN3O4/c1-16(29)27-21(18-3-5-19(25)6-4-18)14-24(30)28-20-7-8-22(31-2)23(13-20)32-15-17-9-11-26-12-10-17/h3-13,21H,14-15H2,1-2H3,(H,27,29)(H,28,30). The van der Waals surface area contributed by atoms with Gasteiger partial charge in [0.2, 0.25) is 11.8 Å². The van der Waals surface area contributed by atoms with Gasteiger partial charge in [-0.05, 0) is 47.5 Å². The number of anilines is 1. The van der Waals surface area contributed by atoms with Gasteiger partial charge < -0.3 is 20.1 Å². The zero-order chi connectivity index (χ0) is 22.9. The Kier molecular flexibility index (Phi) is 8.05. The van der Waals surface area contributed by atoms with Crippen LogP contribution in [0.1, 0.15) is 30.5 Å². The Balaban J connectivity index is 1.69. The van der Waals surface area contributed by atoms with E-state index in [1.165, 1.54) is 6.92 Å². The average molecular weight is 454 g/mol. The highest BCUT2D eigenvalue weighted by Gasteiger charge is 2.18. The van der Waals surface area contributed by atoms with Crippen LogP contribution < -0.4 is 20.1 Å². The molecule has 2 amide bonds. The van der Waals surface area contributed by atoms with Crippen molar-refractivity contribution in [1.29, 1.82) is 0 Å². The number of carbonyl (C=O) groups is 2.